The molecule has 2 aromatic heterocycles. The highest BCUT2D eigenvalue weighted by atomic mass is 79.9. The molecule has 0 unspecified atom stereocenters. The number of fused-ring (bicyclic) bond motifs is 1. The fourth-order valence-electron chi connectivity index (χ4n) is 4.49. The van der Waals surface area contributed by atoms with Gasteiger partial charge in [-0.25, -0.2) is 0 Å². The number of amides is 2. The van der Waals surface area contributed by atoms with Crippen LogP contribution in [0.1, 0.15) is 37.4 Å². The molecule has 8 nitrogen and oxygen atoms in total. The summed E-state index contributed by atoms with van der Waals surface area (Å²) < 4.78 is 24.9. The van der Waals surface area contributed by atoms with Crippen LogP contribution in [0, 0.1) is 0 Å². The number of halogens is 2. The Morgan fingerprint density at radius 2 is 1.00 bits per heavy atom. The Morgan fingerprint density at radius 1 is 0.658 bits per heavy atom. The summed E-state index contributed by atoms with van der Waals surface area (Å²) in [6.07, 6.45) is -1.25. The summed E-state index contributed by atoms with van der Waals surface area (Å²) in [5.41, 5.74) is 1.88. The van der Waals surface area contributed by atoms with Crippen LogP contribution in [0.2, 0.25) is 0 Å². The van der Waals surface area contributed by atoms with Gasteiger partial charge in [-0.2, -0.15) is 0 Å². The molecule has 2 aliphatic rings. The lowest BCUT2D eigenvalue weighted by Gasteiger charge is -2.28. The third-order valence-corrected chi connectivity index (χ3v) is 9.13. The van der Waals surface area contributed by atoms with E-state index in [1.807, 2.05) is 52.0 Å². The minimum atomic E-state index is -0.627. The first-order valence-electron chi connectivity index (χ1n) is 12.4. The van der Waals surface area contributed by atoms with E-state index in [4.69, 9.17) is 18.9 Å². The van der Waals surface area contributed by atoms with Crippen molar-refractivity contribution in [3.63, 3.8) is 0 Å². The molecule has 0 fully saturated rings. The van der Waals surface area contributed by atoms with E-state index in [1.54, 1.807) is 9.80 Å². The summed E-state index contributed by atoms with van der Waals surface area (Å²) in [5, 5.41) is 0. The molecule has 0 radical (unpaired) electrons. The largest absolute Gasteiger partial charge is 0.351 e. The highest BCUT2D eigenvalue weighted by Gasteiger charge is 2.50. The molecule has 4 rings (SSSR count). The fraction of sp³-hybridized carbons (Fsp3) is 0.462. The molecule has 0 bridgehead atoms. The summed E-state index contributed by atoms with van der Waals surface area (Å²) in [6, 6.07) is 7.65. The molecule has 0 saturated carbocycles. The summed E-state index contributed by atoms with van der Waals surface area (Å²) >= 11 is 9.99. The third-order valence-electron chi connectivity index (χ3n) is 5.87. The van der Waals surface area contributed by atoms with Gasteiger partial charge in [0.25, 0.3) is 11.8 Å². The van der Waals surface area contributed by atoms with Crippen LogP contribution < -0.4 is 0 Å². The van der Waals surface area contributed by atoms with Gasteiger partial charge in [-0.05, 0) is 83.8 Å². The molecule has 2 amide bonds. The molecule has 0 N–H and O–H groups in total. The lowest BCUT2D eigenvalue weighted by molar-refractivity contribution is -0.151. The van der Waals surface area contributed by atoms with E-state index >= 15 is 0 Å². The summed E-state index contributed by atoms with van der Waals surface area (Å²) in [6.45, 7) is 9.58. The third kappa shape index (κ3) is 6.02. The van der Waals surface area contributed by atoms with Gasteiger partial charge in [-0.15, -0.1) is 22.7 Å². The monoisotopic (exact) mass is 688 g/mol. The first kappa shape index (κ1) is 29.6. The Hall–Kier alpha value is -1.38. The minimum Gasteiger partial charge on any atom is -0.351 e. The van der Waals surface area contributed by atoms with Crippen molar-refractivity contribution in [2.24, 2.45) is 0 Å². The average molecular weight is 690 g/mol. The van der Waals surface area contributed by atoms with Gasteiger partial charge in [-0.3, -0.25) is 9.59 Å². The molecule has 0 aromatic carbocycles. The van der Waals surface area contributed by atoms with Crippen LogP contribution in [0.15, 0.2) is 43.0 Å². The van der Waals surface area contributed by atoms with E-state index < -0.39 is 12.6 Å². The molecule has 0 spiro atoms. The van der Waals surface area contributed by atoms with Crippen LogP contribution in [-0.2, 0) is 28.5 Å². The Labute approximate surface area is 247 Å². The fourth-order valence-corrected chi connectivity index (χ4v) is 7.38. The molecule has 2 aliphatic heterocycles. The number of rotatable bonds is 14. The van der Waals surface area contributed by atoms with Crippen molar-refractivity contribution >= 4 is 77.7 Å². The standard InChI is InChI=1S/C26H30Br2N2O6S2/c1-5-33-19(34-6-2)13-29-23(15-9-11-17(27)37-15)21-22(25(29)31)24(16-10-12-18(28)38-16)30(26(21)32)14-20(35-7-3)36-8-4/h9-12,19-20H,5-8,13-14H2,1-4H3. The van der Waals surface area contributed by atoms with Crippen molar-refractivity contribution < 1.29 is 28.5 Å². The van der Waals surface area contributed by atoms with Gasteiger partial charge in [0, 0.05) is 26.4 Å². The van der Waals surface area contributed by atoms with Crippen molar-refractivity contribution in [1.29, 1.82) is 0 Å². The van der Waals surface area contributed by atoms with Gasteiger partial charge in [0.15, 0.2) is 12.6 Å². The number of hydrogen-bond acceptors (Lipinski definition) is 8. The average Bonchev–Trinajstić information content (AvgIpc) is 3.62. The molecule has 0 saturated heterocycles. The van der Waals surface area contributed by atoms with Gasteiger partial charge in [-0.1, -0.05) is 0 Å². The minimum absolute atomic E-state index is 0.160. The van der Waals surface area contributed by atoms with Crippen LogP contribution >= 0.6 is 54.5 Å². The Kier molecular flexibility index (Phi) is 10.4. The summed E-state index contributed by atoms with van der Waals surface area (Å²) in [4.78, 5) is 33.3. The zero-order valence-electron chi connectivity index (χ0n) is 21.6. The van der Waals surface area contributed by atoms with Crippen LogP contribution in [0.25, 0.3) is 11.4 Å². The summed E-state index contributed by atoms with van der Waals surface area (Å²) in [7, 11) is 0. The topological polar surface area (TPSA) is 77.5 Å². The van der Waals surface area contributed by atoms with Gasteiger partial charge in [0.2, 0.25) is 0 Å². The number of ether oxygens (including phenoxy) is 4. The van der Waals surface area contributed by atoms with Crippen LogP contribution in [0.5, 0.6) is 0 Å². The zero-order valence-corrected chi connectivity index (χ0v) is 26.4. The first-order chi connectivity index (χ1) is 18.3. The lowest BCUT2D eigenvalue weighted by atomic mass is 10.1. The van der Waals surface area contributed by atoms with Crippen molar-refractivity contribution in [2.75, 3.05) is 39.5 Å². The Bertz CT molecular complexity index is 1130. The maximum absolute atomic E-state index is 14.2. The van der Waals surface area contributed by atoms with Crippen molar-refractivity contribution in [1.82, 2.24) is 9.80 Å². The van der Waals surface area contributed by atoms with E-state index in [0.29, 0.717) is 49.0 Å². The van der Waals surface area contributed by atoms with Gasteiger partial charge in [0.1, 0.15) is 0 Å². The highest BCUT2D eigenvalue weighted by Crippen LogP contribution is 2.49. The number of thiophene rings is 2. The molecule has 38 heavy (non-hydrogen) atoms. The number of carbonyl (C=O) groups is 2. The quantitative estimate of drug-likeness (QED) is 0.229. The van der Waals surface area contributed by atoms with E-state index in [2.05, 4.69) is 31.9 Å². The second-order valence-corrected chi connectivity index (χ2v) is 13.1. The molecule has 4 heterocycles. The van der Waals surface area contributed by atoms with Crippen LogP contribution in [0.3, 0.4) is 0 Å². The normalized spacial score (nSPS) is 15.9. The van der Waals surface area contributed by atoms with E-state index in [1.165, 1.54) is 22.7 Å². The second kappa shape index (κ2) is 13.3. The van der Waals surface area contributed by atoms with Crippen LogP contribution in [0.4, 0.5) is 0 Å². The number of carbonyl (C=O) groups excluding carboxylic acids is 2. The molecule has 2 aromatic rings. The highest BCUT2D eigenvalue weighted by molar-refractivity contribution is 9.11. The maximum atomic E-state index is 14.2. The van der Waals surface area contributed by atoms with Crippen molar-refractivity contribution in [3.05, 3.63) is 52.7 Å². The molecular formula is C26H30Br2N2O6S2. The molecule has 206 valence electrons. The van der Waals surface area contributed by atoms with E-state index in [-0.39, 0.29) is 24.9 Å². The van der Waals surface area contributed by atoms with E-state index in [9.17, 15) is 9.59 Å². The van der Waals surface area contributed by atoms with Gasteiger partial charge in [0.05, 0.1) is 53.0 Å². The Morgan fingerprint density at radius 3 is 1.26 bits per heavy atom. The molecule has 0 aliphatic carbocycles. The predicted octanol–water partition coefficient (Wildman–Crippen LogP) is 5.94. The first-order valence-corrected chi connectivity index (χ1v) is 15.7. The summed E-state index contributed by atoms with van der Waals surface area (Å²) in [5.74, 6) is -0.521. The predicted molar refractivity (Wildman–Crippen MR) is 155 cm³/mol. The Balaban J connectivity index is 1.88. The van der Waals surface area contributed by atoms with Crippen molar-refractivity contribution in [2.45, 2.75) is 40.3 Å². The van der Waals surface area contributed by atoms with E-state index in [0.717, 1.165) is 17.3 Å². The SMILES string of the molecule is CCOC(CN1C(=O)C2=C(c3ccc(Br)s3)N(CC(OCC)OCC)C(=O)C2=C1c1ccc(Br)s1)OCC. The number of nitrogens with zero attached hydrogens (tertiary/aromatic N) is 2. The smallest absolute Gasteiger partial charge is 0.261 e. The maximum Gasteiger partial charge on any atom is 0.261 e. The molecule has 12 heteroatoms. The van der Waals surface area contributed by atoms with Crippen LogP contribution in [-0.4, -0.2) is 73.7 Å². The van der Waals surface area contributed by atoms with Gasteiger partial charge >= 0.3 is 0 Å². The van der Waals surface area contributed by atoms with Crippen molar-refractivity contribution in [3.8, 4) is 0 Å². The second-order valence-electron chi connectivity index (χ2n) is 8.17. The molecule has 0 atom stereocenters. The number of hydrogen-bond donors (Lipinski definition) is 0. The lowest BCUT2D eigenvalue weighted by Crippen LogP contribution is -2.39. The zero-order chi connectivity index (χ0) is 27.4. The molecular weight excluding hydrogens is 660 g/mol. The van der Waals surface area contributed by atoms with Gasteiger partial charge < -0.3 is 28.7 Å².